The lowest BCUT2D eigenvalue weighted by atomic mass is 10.1. The lowest BCUT2D eigenvalue weighted by Gasteiger charge is -2.00. The predicted octanol–water partition coefficient (Wildman–Crippen LogP) is 0.793. The van der Waals surface area contributed by atoms with Crippen LogP contribution in [0.5, 0.6) is 0 Å². The summed E-state index contributed by atoms with van der Waals surface area (Å²) in [6.07, 6.45) is -0.330. The summed E-state index contributed by atoms with van der Waals surface area (Å²) >= 11 is 0. The Morgan fingerprint density at radius 1 is 1.31 bits per heavy atom. The van der Waals surface area contributed by atoms with Gasteiger partial charge in [0.25, 0.3) is 0 Å². The van der Waals surface area contributed by atoms with Crippen molar-refractivity contribution >= 4 is 17.6 Å². The third-order valence-electron chi connectivity index (χ3n) is 1.74. The van der Waals surface area contributed by atoms with Crippen LogP contribution in [0.4, 0.5) is 5.69 Å². The number of aliphatic carboxylic acids is 1. The Labute approximate surface area is 91.5 Å². The molecule has 0 aliphatic rings. The van der Waals surface area contributed by atoms with Crippen LogP contribution < -0.4 is 5.73 Å². The number of aromatic carboxylic acids is 1. The molecular weight excluding hydrogens is 210 g/mol. The minimum absolute atomic E-state index is 0.0297. The van der Waals surface area contributed by atoms with Gasteiger partial charge < -0.3 is 15.9 Å². The Hall–Kier alpha value is -2.48. The number of benzene rings is 1. The van der Waals surface area contributed by atoms with E-state index in [1.807, 2.05) is 0 Å². The molecule has 82 valence electrons. The zero-order chi connectivity index (χ0) is 12.1. The SMILES string of the molecule is Nc1ccc(C#CCC(=O)O)c(C(=O)O)c1. The van der Waals surface area contributed by atoms with E-state index in [4.69, 9.17) is 15.9 Å². The molecule has 0 unspecified atom stereocenters. The molecular formula is C11H9NO4. The second kappa shape index (κ2) is 4.84. The summed E-state index contributed by atoms with van der Waals surface area (Å²) in [6, 6.07) is 4.25. The minimum atomic E-state index is -1.15. The number of carboxylic acids is 2. The minimum Gasteiger partial charge on any atom is -0.481 e. The van der Waals surface area contributed by atoms with Gasteiger partial charge in [0.2, 0.25) is 0 Å². The first-order valence-corrected chi connectivity index (χ1v) is 4.34. The molecule has 1 aromatic carbocycles. The molecule has 4 N–H and O–H groups in total. The molecule has 0 spiro atoms. The van der Waals surface area contributed by atoms with E-state index in [9.17, 15) is 9.59 Å². The zero-order valence-electron chi connectivity index (χ0n) is 8.23. The van der Waals surface area contributed by atoms with Crippen LogP contribution in [-0.4, -0.2) is 22.2 Å². The standard InChI is InChI=1S/C11H9NO4/c12-8-5-4-7(2-1-3-10(13)14)9(6-8)11(15)16/h4-6H,3,12H2,(H,13,14)(H,15,16). The van der Waals surface area contributed by atoms with Crippen LogP contribution in [0, 0.1) is 11.8 Å². The summed E-state index contributed by atoms with van der Waals surface area (Å²) in [6.45, 7) is 0. The molecule has 0 heterocycles. The van der Waals surface area contributed by atoms with Crippen molar-refractivity contribution in [2.75, 3.05) is 5.73 Å². The lowest BCUT2D eigenvalue weighted by Crippen LogP contribution is -2.01. The van der Waals surface area contributed by atoms with Crippen molar-refractivity contribution in [2.24, 2.45) is 0 Å². The molecule has 0 amide bonds. The molecule has 0 aliphatic heterocycles. The van der Waals surface area contributed by atoms with Crippen molar-refractivity contribution in [1.82, 2.24) is 0 Å². The number of nitrogen functional groups attached to an aromatic ring is 1. The molecule has 0 atom stereocenters. The maximum absolute atomic E-state index is 10.8. The first-order chi connectivity index (χ1) is 7.50. The van der Waals surface area contributed by atoms with Gasteiger partial charge in [-0.2, -0.15) is 0 Å². The third kappa shape index (κ3) is 3.03. The predicted molar refractivity (Wildman–Crippen MR) is 56.9 cm³/mol. The molecule has 5 heteroatoms. The van der Waals surface area contributed by atoms with E-state index in [2.05, 4.69) is 11.8 Å². The summed E-state index contributed by atoms with van der Waals surface area (Å²) in [7, 11) is 0. The van der Waals surface area contributed by atoms with E-state index in [1.165, 1.54) is 18.2 Å². The number of carbonyl (C=O) groups is 2. The topological polar surface area (TPSA) is 101 Å². The molecule has 1 rings (SSSR count). The Morgan fingerprint density at radius 2 is 2.00 bits per heavy atom. The first kappa shape index (κ1) is 11.6. The Morgan fingerprint density at radius 3 is 2.56 bits per heavy atom. The van der Waals surface area contributed by atoms with Gasteiger partial charge >= 0.3 is 11.9 Å². The van der Waals surface area contributed by atoms with Gasteiger partial charge in [0.15, 0.2) is 0 Å². The van der Waals surface area contributed by atoms with Crippen LogP contribution in [0.1, 0.15) is 22.3 Å². The summed E-state index contributed by atoms with van der Waals surface area (Å²) in [5.41, 5.74) is 5.98. The van der Waals surface area contributed by atoms with Crippen LogP contribution >= 0.6 is 0 Å². The van der Waals surface area contributed by atoms with Crippen LogP contribution in [0.15, 0.2) is 18.2 Å². The Bertz CT molecular complexity index is 496. The highest BCUT2D eigenvalue weighted by Crippen LogP contribution is 2.12. The molecule has 0 saturated carbocycles. The smallest absolute Gasteiger partial charge is 0.337 e. The number of nitrogens with two attached hydrogens (primary N) is 1. The van der Waals surface area contributed by atoms with E-state index in [-0.39, 0.29) is 17.5 Å². The average Bonchev–Trinajstić information content (AvgIpc) is 2.19. The molecule has 0 fully saturated rings. The van der Waals surface area contributed by atoms with Crippen LogP contribution in [0.2, 0.25) is 0 Å². The van der Waals surface area contributed by atoms with E-state index in [1.54, 1.807) is 0 Å². The fraction of sp³-hybridized carbons (Fsp3) is 0.0909. The van der Waals surface area contributed by atoms with Gasteiger partial charge in [-0.3, -0.25) is 4.79 Å². The molecule has 1 aromatic rings. The number of hydrogen-bond acceptors (Lipinski definition) is 3. The highest BCUT2D eigenvalue weighted by molar-refractivity contribution is 5.92. The van der Waals surface area contributed by atoms with Crippen molar-refractivity contribution in [3.05, 3.63) is 29.3 Å². The second-order valence-electron chi connectivity index (χ2n) is 2.98. The highest BCUT2D eigenvalue weighted by atomic mass is 16.4. The van der Waals surface area contributed by atoms with Gasteiger partial charge in [-0.25, -0.2) is 4.79 Å². The number of anilines is 1. The summed E-state index contributed by atoms with van der Waals surface area (Å²) in [5.74, 6) is 2.65. The molecule has 5 nitrogen and oxygen atoms in total. The molecule has 0 bridgehead atoms. The van der Waals surface area contributed by atoms with Gasteiger partial charge in [0.1, 0.15) is 6.42 Å². The Kier molecular flexibility index (Phi) is 3.51. The van der Waals surface area contributed by atoms with Gasteiger partial charge in [-0.15, -0.1) is 0 Å². The van der Waals surface area contributed by atoms with Crippen LogP contribution in [0.25, 0.3) is 0 Å². The van der Waals surface area contributed by atoms with Crippen molar-refractivity contribution < 1.29 is 19.8 Å². The number of rotatable bonds is 2. The Balaban J connectivity index is 3.07. The van der Waals surface area contributed by atoms with Gasteiger partial charge in [-0.1, -0.05) is 11.8 Å². The summed E-state index contributed by atoms with van der Waals surface area (Å²) < 4.78 is 0. The fourth-order valence-corrected chi connectivity index (χ4v) is 1.06. The highest BCUT2D eigenvalue weighted by Gasteiger charge is 2.08. The number of carboxylic acid groups (broad SMARTS) is 2. The van der Waals surface area contributed by atoms with E-state index in [0.29, 0.717) is 5.69 Å². The monoisotopic (exact) mass is 219 g/mol. The van der Waals surface area contributed by atoms with Crippen molar-refractivity contribution in [2.45, 2.75) is 6.42 Å². The normalized spacial score (nSPS) is 9.00. The largest absolute Gasteiger partial charge is 0.481 e. The van der Waals surface area contributed by atoms with E-state index < -0.39 is 11.9 Å². The maximum atomic E-state index is 10.8. The maximum Gasteiger partial charge on any atom is 0.337 e. The van der Waals surface area contributed by atoms with Crippen molar-refractivity contribution in [3.8, 4) is 11.8 Å². The number of hydrogen-bond donors (Lipinski definition) is 3. The average molecular weight is 219 g/mol. The second-order valence-corrected chi connectivity index (χ2v) is 2.98. The quantitative estimate of drug-likeness (QED) is 0.504. The zero-order valence-corrected chi connectivity index (χ0v) is 8.23. The molecule has 16 heavy (non-hydrogen) atoms. The van der Waals surface area contributed by atoms with Crippen LogP contribution in [0.3, 0.4) is 0 Å². The summed E-state index contributed by atoms with van der Waals surface area (Å²) in [5, 5.41) is 17.2. The van der Waals surface area contributed by atoms with Gasteiger partial charge in [0, 0.05) is 11.3 Å². The van der Waals surface area contributed by atoms with Crippen LogP contribution in [-0.2, 0) is 4.79 Å². The fourth-order valence-electron chi connectivity index (χ4n) is 1.06. The molecule has 0 aromatic heterocycles. The van der Waals surface area contributed by atoms with Crippen molar-refractivity contribution in [3.63, 3.8) is 0 Å². The third-order valence-corrected chi connectivity index (χ3v) is 1.74. The molecule has 0 aliphatic carbocycles. The van der Waals surface area contributed by atoms with E-state index >= 15 is 0 Å². The molecule has 0 saturated heterocycles. The van der Waals surface area contributed by atoms with Crippen molar-refractivity contribution in [1.29, 1.82) is 0 Å². The van der Waals surface area contributed by atoms with Gasteiger partial charge in [-0.05, 0) is 18.2 Å². The van der Waals surface area contributed by atoms with Gasteiger partial charge in [0.05, 0.1) is 5.56 Å². The molecule has 0 radical (unpaired) electrons. The lowest BCUT2D eigenvalue weighted by molar-refractivity contribution is -0.135. The summed E-state index contributed by atoms with van der Waals surface area (Å²) in [4.78, 5) is 21.1. The van der Waals surface area contributed by atoms with E-state index in [0.717, 1.165) is 0 Å². The first-order valence-electron chi connectivity index (χ1n) is 4.34.